The molecule has 1 aromatic rings. The van der Waals surface area contributed by atoms with Crippen LogP contribution in [0.5, 0.6) is 5.75 Å². The van der Waals surface area contributed by atoms with Crippen LogP contribution in [0.1, 0.15) is 32.8 Å². The first-order chi connectivity index (χ1) is 10.8. The molecule has 0 atom stereocenters. The molecule has 0 aliphatic carbocycles. The van der Waals surface area contributed by atoms with Crippen molar-refractivity contribution in [2.24, 2.45) is 0 Å². The van der Waals surface area contributed by atoms with E-state index >= 15 is 0 Å². The van der Waals surface area contributed by atoms with E-state index in [9.17, 15) is 9.59 Å². The molecule has 23 heavy (non-hydrogen) atoms. The summed E-state index contributed by atoms with van der Waals surface area (Å²) in [5.41, 5.74) is 0.378. The van der Waals surface area contributed by atoms with Crippen molar-refractivity contribution in [1.29, 1.82) is 0 Å². The number of ether oxygens (including phenoxy) is 3. The lowest BCUT2D eigenvalue weighted by atomic mass is 10.1. The molecule has 0 aliphatic rings. The summed E-state index contributed by atoms with van der Waals surface area (Å²) in [6.45, 7) is 6.42. The summed E-state index contributed by atoms with van der Waals surface area (Å²) in [4.78, 5) is 22.6. The van der Waals surface area contributed by atoms with Gasteiger partial charge in [-0.05, 0) is 44.9 Å². The van der Waals surface area contributed by atoms with Crippen LogP contribution < -0.4 is 10.1 Å². The number of nitrogens with one attached hydrogen (secondary N) is 1. The van der Waals surface area contributed by atoms with Crippen molar-refractivity contribution in [3.05, 3.63) is 29.8 Å². The minimum absolute atomic E-state index is 0.247. The Labute approximate surface area is 137 Å². The zero-order chi connectivity index (χ0) is 17.3. The number of rotatable bonds is 7. The quantitative estimate of drug-likeness (QED) is 0.617. The van der Waals surface area contributed by atoms with Crippen LogP contribution in [0.25, 0.3) is 0 Å². The molecule has 0 unspecified atom stereocenters. The zero-order valence-electron chi connectivity index (χ0n) is 14.2. The first kappa shape index (κ1) is 18.8. The van der Waals surface area contributed by atoms with Crippen LogP contribution in [-0.2, 0) is 20.7 Å². The number of esters is 1. The molecular weight excluding hydrogens is 298 g/mol. The summed E-state index contributed by atoms with van der Waals surface area (Å²) in [7, 11) is 1.37. The van der Waals surface area contributed by atoms with Crippen molar-refractivity contribution in [2.45, 2.75) is 39.2 Å². The van der Waals surface area contributed by atoms with E-state index in [0.29, 0.717) is 19.6 Å². The summed E-state index contributed by atoms with van der Waals surface area (Å²) in [6, 6.07) is 7.26. The van der Waals surface area contributed by atoms with Gasteiger partial charge in [-0.2, -0.15) is 0 Å². The van der Waals surface area contributed by atoms with Crippen LogP contribution in [0.3, 0.4) is 0 Å². The van der Waals surface area contributed by atoms with E-state index < -0.39 is 11.7 Å². The lowest BCUT2D eigenvalue weighted by Crippen LogP contribution is -2.33. The van der Waals surface area contributed by atoms with E-state index in [-0.39, 0.29) is 12.4 Å². The fourth-order valence-corrected chi connectivity index (χ4v) is 1.71. The normalized spacial score (nSPS) is 10.8. The minimum atomic E-state index is -0.494. The van der Waals surface area contributed by atoms with Crippen molar-refractivity contribution in [3.8, 4) is 5.75 Å². The van der Waals surface area contributed by atoms with Gasteiger partial charge in [0.15, 0.2) is 0 Å². The average molecular weight is 323 g/mol. The van der Waals surface area contributed by atoms with Crippen LogP contribution in [0.2, 0.25) is 0 Å². The highest BCUT2D eigenvalue weighted by molar-refractivity contribution is 5.72. The third-order valence-electron chi connectivity index (χ3n) is 2.76. The molecule has 6 nitrogen and oxygen atoms in total. The highest BCUT2D eigenvalue weighted by Crippen LogP contribution is 2.13. The van der Waals surface area contributed by atoms with Gasteiger partial charge in [0, 0.05) is 6.54 Å². The van der Waals surface area contributed by atoms with Crippen LogP contribution in [0.15, 0.2) is 24.3 Å². The largest absolute Gasteiger partial charge is 0.494 e. The Balaban J connectivity index is 2.21. The fourth-order valence-electron chi connectivity index (χ4n) is 1.71. The monoisotopic (exact) mass is 323 g/mol. The molecule has 0 spiro atoms. The van der Waals surface area contributed by atoms with Gasteiger partial charge in [-0.15, -0.1) is 0 Å². The molecule has 1 aromatic carbocycles. The smallest absolute Gasteiger partial charge is 0.407 e. The number of carbonyl (C=O) groups is 2. The maximum atomic E-state index is 11.4. The van der Waals surface area contributed by atoms with E-state index in [4.69, 9.17) is 9.47 Å². The number of amides is 1. The Morgan fingerprint density at radius 3 is 2.35 bits per heavy atom. The number of hydrogen-bond donors (Lipinski definition) is 1. The summed E-state index contributed by atoms with van der Waals surface area (Å²) in [6.07, 6.45) is 0.490. The van der Waals surface area contributed by atoms with Crippen LogP contribution in [0, 0.1) is 0 Å². The highest BCUT2D eigenvalue weighted by Gasteiger charge is 2.15. The maximum Gasteiger partial charge on any atom is 0.407 e. The second-order valence-corrected chi connectivity index (χ2v) is 6.03. The van der Waals surface area contributed by atoms with Crippen LogP contribution >= 0.6 is 0 Å². The molecule has 0 aromatic heterocycles. The third kappa shape index (κ3) is 8.70. The minimum Gasteiger partial charge on any atom is -0.494 e. The summed E-state index contributed by atoms with van der Waals surface area (Å²) in [5, 5.41) is 2.67. The van der Waals surface area contributed by atoms with Crippen molar-refractivity contribution in [1.82, 2.24) is 5.32 Å². The van der Waals surface area contributed by atoms with Gasteiger partial charge < -0.3 is 19.5 Å². The molecular formula is C17H25NO5. The molecule has 1 N–H and O–H groups in total. The molecule has 0 fully saturated rings. The Morgan fingerprint density at radius 2 is 1.78 bits per heavy atom. The molecule has 0 heterocycles. The second-order valence-electron chi connectivity index (χ2n) is 6.03. The summed E-state index contributed by atoms with van der Waals surface area (Å²) in [5.74, 6) is 0.447. The number of carbonyl (C=O) groups excluding carboxylic acids is 2. The van der Waals surface area contributed by atoms with Crippen molar-refractivity contribution < 1.29 is 23.8 Å². The molecule has 128 valence electrons. The Bertz CT molecular complexity index is 505. The predicted octanol–water partition coefficient (Wildman–Crippen LogP) is 2.70. The molecule has 0 radical (unpaired) electrons. The first-order valence-corrected chi connectivity index (χ1v) is 7.55. The van der Waals surface area contributed by atoms with Gasteiger partial charge in [-0.25, -0.2) is 4.79 Å². The number of benzene rings is 1. The van der Waals surface area contributed by atoms with Gasteiger partial charge in [-0.3, -0.25) is 4.79 Å². The third-order valence-corrected chi connectivity index (χ3v) is 2.76. The molecule has 6 heteroatoms. The van der Waals surface area contributed by atoms with Gasteiger partial charge in [0.05, 0.1) is 20.1 Å². The lowest BCUT2D eigenvalue weighted by Gasteiger charge is -2.19. The van der Waals surface area contributed by atoms with Gasteiger partial charge in [0.1, 0.15) is 11.4 Å². The van der Waals surface area contributed by atoms with E-state index in [0.717, 1.165) is 11.3 Å². The molecule has 1 amide bonds. The topological polar surface area (TPSA) is 73.9 Å². The van der Waals surface area contributed by atoms with Crippen LogP contribution in [-0.4, -0.2) is 37.9 Å². The number of alkyl carbamates (subject to hydrolysis) is 1. The van der Waals surface area contributed by atoms with Gasteiger partial charge in [0.2, 0.25) is 0 Å². The Kier molecular flexibility index (Phi) is 7.38. The van der Waals surface area contributed by atoms with E-state index in [1.807, 2.05) is 32.9 Å². The molecule has 0 saturated heterocycles. The van der Waals surface area contributed by atoms with E-state index in [1.54, 1.807) is 12.1 Å². The number of hydrogen-bond acceptors (Lipinski definition) is 5. The van der Waals surface area contributed by atoms with Crippen molar-refractivity contribution in [2.75, 3.05) is 20.3 Å². The van der Waals surface area contributed by atoms with Crippen LogP contribution in [0.4, 0.5) is 4.79 Å². The second kappa shape index (κ2) is 9.02. The first-order valence-electron chi connectivity index (χ1n) is 7.55. The fraction of sp³-hybridized carbons (Fsp3) is 0.529. The zero-order valence-corrected chi connectivity index (χ0v) is 14.2. The van der Waals surface area contributed by atoms with E-state index in [1.165, 1.54) is 7.11 Å². The average Bonchev–Trinajstić information content (AvgIpc) is 2.46. The number of methoxy groups -OCH3 is 1. The Morgan fingerprint density at radius 1 is 1.13 bits per heavy atom. The molecule has 0 aliphatic heterocycles. The molecule has 0 bridgehead atoms. The summed E-state index contributed by atoms with van der Waals surface area (Å²) >= 11 is 0. The van der Waals surface area contributed by atoms with Crippen molar-refractivity contribution in [3.63, 3.8) is 0 Å². The van der Waals surface area contributed by atoms with Gasteiger partial charge in [0.25, 0.3) is 0 Å². The van der Waals surface area contributed by atoms with Crippen molar-refractivity contribution >= 4 is 12.1 Å². The van der Waals surface area contributed by atoms with Gasteiger partial charge >= 0.3 is 12.1 Å². The summed E-state index contributed by atoms with van der Waals surface area (Å²) < 4.78 is 15.3. The predicted molar refractivity (Wildman–Crippen MR) is 86.5 cm³/mol. The molecule has 0 saturated carbocycles. The lowest BCUT2D eigenvalue weighted by molar-refractivity contribution is -0.139. The SMILES string of the molecule is COC(=O)Cc1ccc(OCCCNC(=O)OC(C)(C)C)cc1. The highest BCUT2D eigenvalue weighted by atomic mass is 16.6. The molecule has 1 rings (SSSR count). The van der Waals surface area contributed by atoms with Gasteiger partial charge in [-0.1, -0.05) is 12.1 Å². The maximum absolute atomic E-state index is 11.4. The Hall–Kier alpha value is -2.24. The standard InChI is InChI=1S/C17H25NO5/c1-17(2,3)23-16(20)18-10-5-11-22-14-8-6-13(7-9-14)12-15(19)21-4/h6-9H,5,10-12H2,1-4H3,(H,18,20). The van der Waals surface area contributed by atoms with E-state index in [2.05, 4.69) is 10.1 Å².